The van der Waals surface area contributed by atoms with Gasteiger partial charge in [0.25, 0.3) is 0 Å². The van der Waals surface area contributed by atoms with Crippen molar-refractivity contribution in [3.63, 3.8) is 0 Å². The third-order valence-electron chi connectivity index (χ3n) is 5.52. The van der Waals surface area contributed by atoms with Gasteiger partial charge in [-0.1, -0.05) is 13.2 Å². The predicted molar refractivity (Wildman–Crippen MR) is 126 cm³/mol. The Labute approximate surface area is 206 Å². The van der Waals surface area contributed by atoms with Gasteiger partial charge in [0.2, 0.25) is 11.8 Å². The number of carbonyl (C=O) groups excluding carboxylic acids is 1. The van der Waals surface area contributed by atoms with Crippen LogP contribution < -0.4 is 4.18 Å². The molecule has 190 valence electrons. The minimum Gasteiger partial charge on any atom is -0.355 e. The fourth-order valence-corrected chi connectivity index (χ4v) is 5.13. The van der Waals surface area contributed by atoms with Gasteiger partial charge in [0.15, 0.2) is 0 Å². The molecule has 36 heavy (non-hydrogen) atoms. The molecule has 3 aromatic rings. The van der Waals surface area contributed by atoms with E-state index in [1.807, 2.05) is 0 Å². The number of thiophene rings is 1. The van der Waals surface area contributed by atoms with Gasteiger partial charge >= 0.3 is 15.6 Å². The lowest BCUT2D eigenvalue weighted by Crippen LogP contribution is -2.40. The fraction of sp³-hybridized carbons (Fsp3) is 0.227. The molecular weight excluding hydrogens is 524 g/mol. The van der Waals surface area contributed by atoms with E-state index in [4.69, 9.17) is 0 Å². The largest absolute Gasteiger partial charge is 0.534 e. The molecule has 0 N–H and O–H groups in total. The summed E-state index contributed by atoms with van der Waals surface area (Å²) in [7, 11) is -6.03. The topological polar surface area (TPSA) is 94.4 Å². The fourth-order valence-electron chi connectivity index (χ4n) is 3.79. The van der Waals surface area contributed by atoms with Gasteiger partial charge in [0, 0.05) is 16.8 Å². The molecule has 1 unspecified atom stereocenters. The summed E-state index contributed by atoms with van der Waals surface area (Å²) < 4.78 is 83.1. The van der Waals surface area contributed by atoms with E-state index < -0.39 is 33.4 Å². The van der Waals surface area contributed by atoms with Crippen molar-refractivity contribution in [3.05, 3.63) is 59.9 Å². The van der Waals surface area contributed by atoms with Gasteiger partial charge in [-0.05, 0) is 42.7 Å². The number of pyridine rings is 1. The predicted octanol–water partition coefficient (Wildman–Crippen LogP) is 4.97. The highest BCUT2D eigenvalue weighted by atomic mass is 32.2. The third kappa shape index (κ3) is 4.41. The Bertz CT molecular complexity index is 1520. The number of rotatable bonds is 6. The summed E-state index contributed by atoms with van der Waals surface area (Å²) >= 11 is 1.03. The summed E-state index contributed by atoms with van der Waals surface area (Å²) in [5.41, 5.74) is -4.93. The van der Waals surface area contributed by atoms with Gasteiger partial charge in [-0.2, -0.15) is 26.7 Å². The lowest BCUT2D eigenvalue weighted by molar-refractivity contribution is -0.129. The second-order valence-corrected chi connectivity index (χ2v) is 10.1. The second-order valence-electron chi connectivity index (χ2n) is 7.65. The van der Waals surface area contributed by atoms with Crippen LogP contribution in [0.15, 0.2) is 48.6 Å². The first kappa shape index (κ1) is 25.6. The van der Waals surface area contributed by atoms with Gasteiger partial charge in [-0.25, -0.2) is 9.37 Å². The first-order chi connectivity index (χ1) is 16.9. The van der Waals surface area contributed by atoms with Crippen molar-refractivity contribution >= 4 is 43.5 Å². The number of nitrogens with zero attached hydrogens (tertiary/aromatic N) is 4. The number of hydrogen-bond donors (Lipinski definition) is 0. The molecule has 0 aliphatic carbocycles. The van der Waals surface area contributed by atoms with E-state index in [9.17, 15) is 30.8 Å². The highest BCUT2D eigenvalue weighted by molar-refractivity contribution is 7.88. The maximum atomic E-state index is 14.3. The number of carbonyl (C=O) groups is 1. The van der Waals surface area contributed by atoms with E-state index in [0.29, 0.717) is 18.8 Å². The molecule has 4 heterocycles. The van der Waals surface area contributed by atoms with Crippen LogP contribution in [0.4, 0.5) is 17.6 Å². The minimum absolute atomic E-state index is 0.0558. The molecule has 1 aliphatic rings. The number of amides is 1. The molecule has 0 spiro atoms. The van der Waals surface area contributed by atoms with Crippen molar-refractivity contribution in [3.8, 4) is 17.3 Å². The molecule has 1 atom stereocenters. The Morgan fingerprint density at radius 3 is 2.64 bits per heavy atom. The molecule has 0 aromatic carbocycles. The summed E-state index contributed by atoms with van der Waals surface area (Å²) in [6.45, 7) is 9.24. The molecule has 0 fully saturated rings. The van der Waals surface area contributed by atoms with Crippen molar-refractivity contribution in [1.29, 1.82) is 0 Å². The van der Waals surface area contributed by atoms with Crippen molar-refractivity contribution < 1.29 is 35.0 Å². The van der Waals surface area contributed by atoms with Gasteiger partial charge in [-0.15, -0.1) is 11.3 Å². The van der Waals surface area contributed by atoms with Crippen LogP contribution in [0.25, 0.3) is 27.6 Å². The molecule has 0 saturated carbocycles. The zero-order valence-corrected chi connectivity index (χ0v) is 20.3. The van der Waals surface area contributed by atoms with Crippen LogP contribution in [0.3, 0.4) is 0 Å². The third-order valence-corrected chi connectivity index (χ3v) is 7.41. The van der Waals surface area contributed by atoms with E-state index in [0.717, 1.165) is 23.5 Å². The minimum atomic E-state index is -6.03. The van der Waals surface area contributed by atoms with E-state index >= 15 is 0 Å². The van der Waals surface area contributed by atoms with Gasteiger partial charge < -0.3 is 9.08 Å². The number of fused-ring (bicyclic) bond motifs is 2. The van der Waals surface area contributed by atoms with Crippen molar-refractivity contribution in [2.75, 3.05) is 6.54 Å². The standard InChI is InChI=1S/C22H18F4N4O4S2/c1-4-13(23)10-15-19(16-11-17-12(3)29(18(31)5-2)7-8-30(17)28-16)27-21(14-6-9-35-20(14)15)34-36(32,33)22(24,25)26/h4-6,9-12H,1-2,7-8H2,3H3/b13-10-. The van der Waals surface area contributed by atoms with Gasteiger partial charge in [0.05, 0.1) is 23.7 Å². The summed E-state index contributed by atoms with van der Waals surface area (Å²) in [6, 6.07) is 2.45. The normalized spacial score (nSPS) is 16.6. The number of aromatic nitrogens is 3. The van der Waals surface area contributed by atoms with E-state index in [2.05, 4.69) is 27.4 Å². The summed E-state index contributed by atoms with van der Waals surface area (Å²) in [4.78, 5) is 17.8. The van der Waals surface area contributed by atoms with E-state index in [1.54, 1.807) is 22.6 Å². The van der Waals surface area contributed by atoms with Crippen LogP contribution in [0, 0.1) is 0 Å². The molecular formula is C22H18F4N4O4S2. The van der Waals surface area contributed by atoms with Crippen molar-refractivity contribution in [2.45, 2.75) is 25.0 Å². The molecule has 0 saturated heterocycles. The highest BCUT2D eigenvalue weighted by Gasteiger charge is 2.49. The van der Waals surface area contributed by atoms with Crippen LogP contribution >= 0.6 is 11.3 Å². The molecule has 0 radical (unpaired) electrons. The number of hydrogen-bond acceptors (Lipinski definition) is 7. The molecule has 1 amide bonds. The van der Waals surface area contributed by atoms with E-state index in [1.165, 1.54) is 17.5 Å². The Hall–Kier alpha value is -3.52. The molecule has 0 bridgehead atoms. The van der Waals surface area contributed by atoms with Crippen molar-refractivity contribution in [2.24, 2.45) is 0 Å². The summed E-state index contributed by atoms with van der Waals surface area (Å²) in [6.07, 6.45) is 3.19. The highest BCUT2D eigenvalue weighted by Crippen LogP contribution is 2.41. The SMILES string of the molecule is C=CC(=O)N1CCn2nc(-c3nc(OS(=O)(=O)C(F)(F)F)c4ccsc4c3/C=C(\F)C=C)cc2C1C. The quantitative estimate of drug-likeness (QED) is 0.144. The number of halogens is 4. The first-order valence-electron chi connectivity index (χ1n) is 10.3. The first-order valence-corrected chi connectivity index (χ1v) is 12.6. The number of allylic oxidation sites excluding steroid dienone is 2. The number of alkyl halides is 3. The maximum Gasteiger partial charge on any atom is 0.534 e. The average molecular weight is 543 g/mol. The van der Waals surface area contributed by atoms with E-state index in [-0.39, 0.29) is 32.9 Å². The molecule has 8 nitrogen and oxygen atoms in total. The monoisotopic (exact) mass is 542 g/mol. The zero-order valence-electron chi connectivity index (χ0n) is 18.6. The Morgan fingerprint density at radius 2 is 2.00 bits per heavy atom. The van der Waals surface area contributed by atoms with Crippen LogP contribution in [0.2, 0.25) is 0 Å². The van der Waals surface area contributed by atoms with Crippen LogP contribution in [-0.4, -0.2) is 46.0 Å². The molecule has 4 rings (SSSR count). The Kier molecular flexibility index (Phi) is 6.51. The Morgan fingerprint density at radius 1 is 1.28 bits per heavy atom. The van der Waals surface area contributed by atoms with Crippen LogP contribution in [-0.2, 0) is 21.5 Å². The Balaban J connectivity index is 1.94. The molecule has 1 aliphatic heterocycles. The zero-order chi connectivity index (χ0) is 26.4. The van der Waals surface area contributed by atoms with Crippen LogP contribution in [0.5, 0.6) is 5.88 Å². The lowest BCUT2D eigenvalue weighted by atomic mass is 10.1. The maximum absolute atomic E-state index is 14.3. The van der Waals surface area contributed by atoms with Gasteiger partial charge in [-0.3, -0.25) is 9.48 Å². The van der Waals surface area contributed by atoms with Crippen LogP contribution in [0.1, 0.15) is 24.2 Å². The summed E-state index contributed by atoms with van der Waals surface area (Å²) in [5, 5.41) is 5.87. The average Bonchev–Trinajstić information content (AvgIpc) is 3.47. The second kappa shape index (κ2) is 9.17. The summed E-state index contributed by atoms with van der Waals surface area (Å²) in [5.74, 6) is -1.87. The molecule has 3 aromatic heterocycles. The van der Waals surface area contributed by atoms with Gasteiger partial charge in [0.1, 0.15) is 17.2 Å². The smallest absolute Gasteiger partial charge is 0.355 e. The van der Waals surface area contributed by atoms with Crippen molar-refractivity contribution in [1.82, 2.24) is 19.7 Å². The lowest BCUT2D eigenvalue weighted by Gasteiger charge is -2.33. The molecule has 14 heteroatoms.